The highest BCUT2D eigenvalue weighted by atomic mass is 16.7. The van der Waals surface area contributed by atoms with Gasteiger partial charge in [-0.2, -0.15) is 0 Å². The molecule has 5 rings (SSSR count). The zero-order valence-electron chi connectivity index (χ0n) is 21.5. The molecule has 2 amide bonds. The van der Waals surface area contributed by atoms with Crippen molar-refractivity contribution >= 4 is 35.6 Å². The molecule has 2 aliphatic heterocycles. The molecule has 0 bridgehead atoms. The van der Waals surface area contributed by atoms with Crippen molar-refractivity contribution in [2.45, 2.75) is 83.7 Å². The number of piperidine rings is 1. The monoisotopic (exact) mass is 482 g/mol. The number of hydrogen-bond acceptors (Lipinski definition) is 6. The molecular weight excluding hydrogens is 447 g/mol. The number of H-pyrrole nitrogens is 1. The van der Waals surface area contributed by atoms with Crippen LogP contribution in [-0.4, -0.2) is 64.4 Å². The zero-order chi connectivity index (χ0) is 25.3. The van der Waals surface area contributed by atoms with Gasteiger partial charge in [0.05, 0.1) is 35.4 Å². The number of ether oxygens (including phenoxy) is 1. The lowest BCUT2D eigenvalue weighted by molar-refractivity contribution is -0.136. The van der Waals surface area contributed by atoms with E-state index >= 15 is 0 Å². The number of amides is 2. The van der Waals surface area contributed by atoms with Gasteiger partial charge in [0.2, 0.25) is 5.91 Å². The lowest BCUT2D eigenvalue weighted by Gasteiger charge is -2.32. The Morgan fingerprint density at radius 2 is 1.89 bits per heavy atom. The Labute approximate surface area is 206 Å². The van der Waals surface area contributed by atoms with Gasteiger partial charge < -0.3 is 29.2 Å². The van der Waals surface area contributed by atoms with Crippen molar-refractivity contribution in [1.82, 2.24) is 20.2 Å². The number of carbonyl (C=O) groups is 2. The van der Waals surface area contributed by atoms with Crippen LogP contribution in [-0.2, 0) is 18.8 Å². The predicted molar refractivity (Wildman–Crippen MR) is 132 cm³/mol. The molecule has 2 N–H and O–H groups in total. The van der Waals surface area contributed by atoms with Crippen LogP contribution in [0.1, 0.15) is 66.3 Å². The number of fused-ring (bicyclic) bond motifs is 2. The topological polar surface area (TPSA) is 106 Å². The van der Waals surface area contributed by atoms with Crippen LogP contribution in [0.25, 0.3) is 11.0 Å². The number of likely N-dealkylation sites (tertiary alicyclic amines) is 1. The van der Waals surface area contributed by atoms with E-state index in [9.17, 15) is 9.59 Å². The van der Waals surface area contributed by atoms with E-state index in [1.54, 1.807) is 0 Å². The standard InChI is InChI=1S/C25H35BN4O5/c1-13(2)20(29-23(32)33-7)22(31)30-18-10-14(18)11-19(30)21-27-16-9-8-15(12-17(16)28-21)26-34-24(3,4)25(5,6)35-26/h8-9,12-14,18-20H,10-11H2,1-7H3,(H,27,28)(H,29,32). The van der Waals surface area contributed by atoms with Gasteiger partial charge >= 0.3 is 13.2 Å². The molecule has 1 saturated carbocycles. The first-order valence-electron chi connectivity index (χ1n) is 12.4. The summed E-state index contributed by atoms with van der Waals surface area (Å²) in [6.07, 6.45) is 1.26. The van der Waals surface area contributed by atoms with Crippen LogP contribution in [0.3, 0.4) is 0 Å². The smallest absolute Gasteiger partial charge is 0.453 e. The Kier molecular flexibility index (Phi) is 5.67. The van der Waals surface area contributed by atoms with Crippen LogP contribution in [0.4, 0.5) is 4.79 Å². The molecule has 2 aromatic rings. The number of aromatic nitrogens is 2. The molecule has 4 atom stereocenters. The minimum atomic E-state index is -0.649. The largest absolute Gasteiger partial charge is 0.494 e. The minimum Gasteiger partial charge on any atom is -0.453 e. The van der Waals surface area contributed by atoms with Gasteiger partial charge in [0, 0.05) is 6.04 Å². The lowest BCUT2D eigenvalue weighted by Crippen LogP contribution is -2.52. The van der Waals surface area contributed by atoms with Gasteiger partial charge in [-0.15, -0.1) is 0 Å². The van der Waals surface area contributed by atoms with Gasteiger partial charge in [0.1, 0.15) is 11.9 Å². The van der Waals surface area contributed by atoms with Crippen molar-refractivity contribution < 1.29 is 23.6 Å². The Hall–Kier alpha value is -2.59. The normalized spacial score (nSPS) is 27.3. The maximum absolute atomic E-state index is 13.6. The van der Waals surface area contributed by atoms with E-state index in [2.05, 4.69) is 10.3 Å². The third kappa shape index (κ3) is 4.10. The highest BCUT2D eigenvalue weighted by Crippen LogP contribution is 2.53. The third-order valence-electron chi connectivity index (χ3n) is 8.12. The van der Waals surface area contributed by atoms with Crippen LogP contribution in [0.15, 0.2) is 18.2 Å². The van der Waals surface area contributed by atoms with Crippen LogP contribution in [0.5, 0.6) is 0 Å². The molecule has 3 fully saturated rings. The Morgan fingerprint density at radius 1 is 1.20 bits per heavy atom. The molecule has 10 heteroatoms. The summed E-state index contributed by atoms with van der Waals surface area (Å²) >= 11 is 0. The number of rotatable bonds is 5. The highest BCUT2D eigenvalue weighted by Gasteiger charge is 2.56. The minimum absolute atomic E-state index is 0.0711. The first kappa shape index (κ1) is 24.1. The van der Waals surface area contributed by atoms with Crippen LogP contribution in [0, 0.1) is 11.8 Å². The number of carbonyl (C=O) groups excluding carboxylic acids is 2. The van der Waals surface area contributed by atoms with Crippen LogP contribution in [0.2, 0.25) is 0 Å². The lowest BCUT2D eigenvalue weighted by atomic mass is 9.79. The van der Waals surface area contributed by atoms with Gasteiger partial charge in [0.15, 0.2) is 0 Å². The summed E-state index contributed by atoms with van der Waals surface area (Å²) in [5.74, 6) is 1.09. The molecule has 3 aliphatic rings. The van der Waals surface area contributed by atoms with Crippen molar-refractivity contribution in [3.05, 3.63) is 24.0 Å². The summed E-state index contributed by atoms with van der Waals surface area (Å²) in [6, 6.07) is 5.36. The molecule has 2 saturated heterocycles. The van der Waals surface area contributed by atoms with Gasteiger partial charge in [0.25, 0.3) is 0 Å². The van der Waals surface area contributed by atoms with Crippen molar-refractivity contribution in [2.75, 3.05) is 7.11 Å². The Bertz CT molecular complexity index is 1150. The first-order chi connectivity index (χ1) is 16.4. The first-order valence-corrected chi connectivity index (χ1v) is 12.4. The third-order valence-corrected chi connectivity index (χ3v) is 8.12. The summed E-state index contributed by atoms with van der Waals surface area (Å²) in [5, 5.41) is 2.72. The second-order valence-electron chi connectivity index (χ2n) is 11.4. The number of imidazole rings is 1. The second kappa shape index (κ2) is 8.23. The highest BCUT2D eigenvalue weighted by molar-refractivity contribution is 6.62. The summed E-state index contributed by atoms with van der Waals surface area (Å²) in [7, 11) is 0.851. The maximum atomic E-state index is 13.6. The fraction of sp³-hybridized carbons (Fsp3) is 0.640. The molecule has 1 aromatic carbocycles. The van der Waals surface area contributed by atoms with E-state index in [0.717, 1.165) is 35.2 Å². The summed E-state index contributed by atoms with van der Waals surface area (Å²) in [4.78, 5) is 35.7. The molecule has 188 valence electrons. The SMILES string of the molecule is COC(=O)NC(C(=O)N1C(c2nc3ccc(B4OC(C)(C)C(C)(C)O4)cc3[nH]2)CC2CC21)C(C)C. The maximum Gasteiger partial charge on any atom is 0.494 e. The fourth-order valence-electron chi connectivity index (χ4n) is 5.21. The summed E-state index contributed by atoms with van der Waals surface area (Å²) in [5.41, 5.74) is 1.82. The van der Waals surface area contributed by atoms with Crippen LogP contribution >= 0.6 is 0 Å². The quantitative estimate of drug-likeness (QED) is 0.635. The molecule has 1 aliphatic carbocycles. The number of methoxy groups -OCH3 is 1. The Balaban J connectivity index is 1.41. The van der Waals surface area contributed by atoms with Gasteiger partial charge in [-0.3, -0.25) is 4.79 Å². The molecule has 0 spiro atoms. The Morgan fingerprint density at radius 3 is 2.51 bits per heavy atom. The molecule has 0 radical (unpaired) electrons. The van der Waals surface area contributed by atoms with Gasteiger partial charge in [-0.25, -0.2) is 9.78 Å². The number of aromatic amines is 1. The number of nitrogens with one attached hydrogen (secondary N) is 2. The van der Waals surface area contributed by atoms with Gasteiger partial charge in [-0.1, -0.05) is 19.9 Å². The van der Waals surface area contributed by atoms with Crippen molar-refractivity contribution in [3.63, 3.8) is 0 Å². The zero-order valence-corrected chi connectivity index (χ0v) is 21.5. The summed E-state index contributed by atoms with van der Waals surface area (Å²) in [6.45, 7) is 12.0. The molecular formula is C25H35BN4O5. The van der Waals surface area contributed by atoms with E-state index in [0.29, 0.717) is 5.92 Å². The van der Waals surface area contributed by atoms with Crippen molar-refractivity contribution in [2.24, 2.45) is 11.8 Å². The summed E-state index contributed by atoms with van der Waals surface area (Å²) < 4.78 is 17.2. The number of nitrogens with zero attached hydrogens (tertiary/aromatic N) is 2. The molecule has 35 heavy (non-hydrogen) atoms. The number of hydrogen-bond donors (Lipinski definition) is 2. The van der Waals surface area contributed by atoms with Crippen molar-refractivity contribution in [3.8, 4) is 0 Å². The van der Waals surface area contributed by atoms with E-state index in [1.807, 2.05) is 64.6 Å². The average molecular weight is 482 g/mol. The van der Waals surface area contributed by atoms with Gasteiger partial charge in [-0.05, 0) is 70.0 Å². The average Bonchev–Trinajstić information content (AvgIpc) is 3.15. The van der Waals surface area contributed by atoms with E-state index in [1.165, 1.54) is 7.11 Å². The van der Waals surface area contributed by atoms with Crippen LogP contribution < -0.4 is 10.8 Å². The van der Waals surface area contributed by atoms with E-state index in [4.69, 9.17) is 19.0 Å². The fourth-order valence-corrected chi connectivity index (χ4v) is 5.21. The number of alkyl carbamates (subject to hydrolysis) is 1. The molecule has 3 heterocycles. The number of benzene rings is 1. The molecule has 9 nitrogen and oxygen atoms in total. The van der Waals surface area contributed by atoms with E-state index < -0.39 is 30.5 Å². The molecule has 4 unspecified atom stereocenters. The van der Waals surface area contributed by atoms with E-state index in [-0.39, 0.29) is 23.9 Å². The predicted octanol–water partition coefficient (Wildman–Crippen LogP) is 2.90. The second-order valence-corrected chi connectivity index (χ2v) is 11.4. The van der Waals surface area contributed by atoms with Crippen molar-refractivity contribution in [1.29, 1.82) is 0 Å². The molecule has 1 aromatic heterocycles.